The normalized spacial score (nSPS) is 22.2. The topological polar surface area (TPSA) is 56.2 Å². The molecule has 2 aliphatic heterocycles. The minimum atomic E-state index is 0.141. The number of imidazole rings is 1. The minimum Gasteiger partial charge on any atom is -0.493 e. The summed E-state index contributed by atoms with van der Waals surface area (Å²) in [5.74, 6) is 2.46. The number of ether oxygens (including phenoxy) is 1. The van der Waals surface area contributed by atoms with Gasteiger partial charge in [-0.15, -0.1) is 0 Å². The first-order valence-corrected chi connectivity index (χ1v) is 8.73. The molecule has 0 radical (unpaired) electrons. The van der Waals surface area contributed by atoms with E-state index in [-0.39, 0.29) is 17.9 Å². The van der Waals surface area contributed by atoms with Crippen molar-refractivity contribution in [1.82, 2.24) is 14.9 Å². The van der Waals surface area contributed by atoms with E-state index in [0.29, 0.717) is 13.0 Å². The van der Waals surface area contributed by atoms with E-state index in [9.17, 15) is 4.79 Å². The maximum atomic E-state index is 12.5. The fraction of sp³-hybridized carbons (Fsp3) is 0.474. The third kappa shape index (κ3) is 3.03. The van der Waals surface area contributed by atoms with E-state index in [4.69, 9.17) is 4.74 Å². The van der Waals surface area contributed by atoms with Crippen LogP contribution in [-0.2, 0) is 17.8 Å². The van der Waals surface area contributed by atoms with Crippen molar-refractivity contribution in [2.75, 3.05) is 6.61 Å². The van der Waals surface area contributed by atoms with E-state index in [1.54, 1.807) is 0 Å². The standard InChI is InChI=1S/C19H23N3O2/c1-13-11-22-12-15(6-7-18(22)20-13)21-19(23)10-14-8-9-24-17-5-3-2-4-16(14)17/h2-5,11,14-15H,6-10,12H2,1H3,(H,21,23). The first-order valence-electron chi connectivity index (χ1n) is 8.73. The Balaban J connectivity index is 1.38. The van der Waals surface area contributed by atoms with Crippen LogP contribution in [0.4, 0.5) is 0 Å². The second kappa shape index (κ2) is 6.30. The number of aryl methyl sites for hydroxylation is 2. The molecular weight excluding hydrogens is 302 g/mol. The number of nitrogens with one attached hydrogen (secondary N) is 1. The van der Waals surface area contributed by atoms with Gasteiger partial charge in [0.2, 0.25) is 5.91 Å². The van der Waals surface area contributed by atoms with Crippen molar-refractivity contribution in [2.45, 2.75) is 51.1 Å². The smallest absolute Gasteiger partial charge is 0.220 e. The Morgan fingerprint density at radius 2 is 2.25 bits per heavy atom. The van der Waals surface area contributed by atoms with E-state index in [1.807, 2.05) is 25.1 Å². The van der Waals surface area contributed by atoms with Crippen LogP contribution in [0.1, 0.15) is 42.3 Å². The first-order chi connectivity index (χ1) is 11.7. The molecule has 0 aliphatic carbocycles. The molecule has 3 heterocycles. The first kappa shape index (κ1) is 15.2. The van der Waals surface area contributed by atoms with Gasteiger partial charge in [-0.25, -0.2) is 4.98 Å². The lowest BCUT2D eigenvalue weighted by atomic mass is 9.90. The summed E-state index contributed by atoms with van der Waals surface area (Å²) in [5.41, 5.74) is 2.21. The molecule has 5 heteroatoms. The molecular formula is C19H23N3O2. The average Bonchev–Trinajstić information content (AvgIpc) is 2.94. The van der Waals surface area contributed by atoms with Crippen molar-refractivity contribution in [2.24, 2.45) is 0 Å². The lowest BCUT2D eigenvalue weighted by Gasteiger charge is -2.28. The number of amides is 1. The molecule has 1 amide bonds. The summed E-state index contributed by atoms with van der Waals surface area (Å²) in [5, 5.41) is 3.22. The van der Waals surface area contributed by atoms with Crippen LogP contribution in [0.5, 0.6) is 5.75 Å². The molecule has 2 aliphatic rings. The predicted octanol–water partition coefficient (Wildman–Crippen LogP) is 2.58. The Bertz CT molecular complexity index is 753. The molecule has 2 atom stereocenters. The second-order valence-electron chi connectivity index (χ2n) is 6.83. The van der Waals surface area contributed by atoms with Gasteiger partial charge in [0.25, 0.3) is 0 Å². The molecule has 0 bridgehead atoms. The number of benzene rings is 1. The lowest BCUT2D eigenvalue weighted by molar-refractivity contribution is -0.122. The number of rotatable bonds is 3. The number of para-hydroxylation sites is 1. The highest BCUT2D eigenvalue weighted by molar-refractivity contribution is 5.77. The molecule has 1 aromatic carbocycles. The van der Waals surface area contributed by atoms with Crippen molar-refractivity contribution >= 4 is 5.91 Å². The number of hydrogen-bond donors (Lipinski definition) is 1. The summed E-state index contributed by atoms with van der Waals surface area (Å²) in [7, 11) is 0. The zero-order valence-corrected chi connectivity index (χ0v) is 14.0. The second-order valence-corrected chi connectivity index (χ2v) is 6.83. The number of carbonyl (C=O) groups excluding carboxylic acids is 1. The summed E-state index contributed by atoms with van der Waals surface area (Å²) in [4.78, 5) is 17.0. The number of hydrogen-bond acceptors (Lipinski definition) is 3. The van der Waals surface area contributed by atoms with Gasteiger partial charge in [0.15, 0.2) is 0 Å². The van der Waals surface area contributed by atoms with E-state index < -0.39 is 0 Å². The Kier molecular flexibility index (Phi) is 4.00. The number of fused-ring (bicyclic) bond motifs is 2. The van der Waals surface area contributed by atoms with Crippen LogP contribution >= 0.6 is 0 Å². The molecule has 4 rings (SSSR count). The lowest BCUT2D eigenvalue weighted by Crippen LogP contribution is -2.41. The van der Waals surface area contributed by atoms with Crippen molar-refractivity contribution in [3.63, 3.8) is 0 Å². The van der Waals surface area contributed by atoms with Crippen LogP contribution in [-0.4, -0.2) is 28.1 Å². The molecule has 24 heavy (non-hydrogen) atoms. The van der Waals surface area contributed by atoms with Crippen molar-refractivity contribution in [3.05, 3.63) is 47.5 Å². The van der Waals surface area contributed by atoms with E-state index in [0.717, 1.165) is 48.6 Å². The quantitative estimate of drug-likeness (QED) is 0.944. The molecule has 1 aromatic heterocycles. The van der Waals surface area contributed by atoms with Gasteiger partial charge in [-0.2, -0.15) is 0 Å². The summed E-state index contributed by atoms with van der Waals surface area (Å²) >= 11 is 0. The van der Waals surface area contributed by atoms with Crippen molar-refractivity contribution in [3.8, 4) is 5.75 Å². The van der Waals surface area contributed by atoms with Crippen LogP contribution in [0, 0.1) is 6.92 Å². The Morgan fingerprint density at radius 3 is 3.17 bits per heavy atom. The van der Waals surface area contributed by atoms with Crippen LogP contribution in [0.2, 0.25) is 0 Å². The fourth-order valence-electron chi connectivity index (χ4n) is 3.84. The largest absolute Gasteiger partial charge is 0.493 e. The van der Waals surface area contributed by atoms with Gasteiger partial charge in [0.05, 0.1) is 12.3 Å². The van der Waals surface area contributed by atoms with Crippen LogP contribution in [0.15, 0.2) is 30.5 Å². The number of aromatic nitrogens is 2. The third-order valence-electron chi connectivity index (χ3n) is 4.99. The Hall–Kier alpha value is -2.30. The van der Waals surface area contributed by atoms with Crippen LogP contribution in [0.25, 0.3) is 0 Å². The average molecular weight is 325 g/mol. The maximum Gasteiger partial charge on any atom is 0.220 e. The minimum absolute atomic E-state index is 0.141. The molecule has 0 spiro atoms. The molecule has 2 aromatic rings. The monoisotopic (exact) mass is 325 g/mol. The Morgan fingerprint density at radius 1 is 1.38 bits per heavy atom. The van der Waals surface area contributed by atoms with Gasteiger partial charge in [0, 0.05) is 31.6 Å². The van der Waals surface area contributed by atoms with E-state index in [1.165, 1.54) is 0 Å². The van der Waals surface area contributed by atoms with Gasteiger partial charge in [-0.3, -0.25) is 4.79 Å². The predicted molar refractivity (Wildman–Crippen MR) is 91.1 cm³/mol. The molecule has 2 unspecified atom stereocenters. The number of nitrogens with zero attached hydrogens (tertiary/aromatic N) is 2. The SMILES string of the molecule is Cc1cn2c(n1)CCC(NC(=O)CC1CCOc3ccccc31)C2. The highest BCUT2D eigenvalue weighted by atomic mass is 16.5. The highest BCUT2D eigenvalue weighted by Crippen LogP contribution is 2.35. The summed E-state index contributed by atoms with van der Waals surface area (Å²) < 4.78 is 7.86. The van der Waals surface area contributed by atoms with E-state index >= 15 is 0 Å². The zero-order chi connectivity index (χ0) is 16.5. The molecule has 0 saturated heterocycles. The summed E-state index contributed by atoms with van der Waals surface area (Å²) in [6.45, 7) is 3.53. The summed E-state index contributed by atoms with van der Waals surface area (Å²) in [6.07, 6.45) is 5.40. The molecule has 5 nitrogen and oxygen atoms in total. The fourth-order valence-corrected chi connectivity index (χ4v) is 3.84. The van der Waals surface area contributed by atoms with Crippen molar-refractivity contribution < 1.29 is 9.53 Å². The zero-order valence-electron chi connectivity index (χ0n) is 14.0. The Labute approximate surface area is 142 Å². The summed E-state index contributed by atoms with van der Waals surface area (Å²) in [6, 6.07) is 8.27. The third-order valence-corrected chi connectivity index (χ3v) is 4.99. The molecule has 126 valence electrons. The maximum absolute atomic E-state index is 12.5. The van der Waals surface area contributed by atoms with Crippen LogP contribution < -0.4 is 10.1 Å². The van der Waals surface area contributed by atoms with E-state index in [2.05, 4.69) is 27.1 Å². The van der Waals surface area contributed by atoms with Gasteiger partial charge >= 0.3 is 0 Å². The van der Waals surface area contributed by atoms with Gasteiger partial charge in [-0.05, 0) is 37.3 Å². The van der Waals surface area contributed by atoms with Gasteiger partial charge in [-0.1, -0.05) is 18.2 Å². The van der Waals surface area contributed by atoms with Gasteiger partial charge in [0.1, 0.15) is 11.6 Å². The molecule has 0 fully saturated rings. The van der Waals surface area contributed by atoms with Crippen molar-refractivity contribution in [1.29, 1.82) is 0 Å². The van der Waals surface area contributed by atoms with Gasteiger partial charge < -0.3 is 14.6 Å². The molecule has 0 saturated carbocycles. The highest BCUT2D eigenvalue weighted by Gasteiger charge is 2.26. The number of carbonyl (C=O) groups is 1. The van der Waals surface area contributed by atoms with Crippen LogP contribution in [0.3, 0.4) is 0 Å². The molecule has 1 N–H and O–H groups in total.